The van der Waals surface area contributed by atoms with E-state index in [-0.39, 0.29) is 11.5 Å². The zero-order chi connectivity index (χ0) is 43.0. The number of para-hydroxylation sites is 2. The lowest BCUT2D eigenvalue weighted by atomic mass is 9.31. The summed E-state index contributed by atoms with van der Waals surface area (Å²) in [6, 6.07) is 47.9. The van der Waals surface area contributed by atoms with Gasteiger partial charge >= 0.3 is 12.4 Å². The van der Waals surface area contributed by atoms with E-state index in [1.165, 1.54) is 12.1 Å². The van der Waals surface area contributed by atoms with Crippen LogP contribution in [0.25, 0.3) is 76.8 Å². The van der Waals surface area contributed by atoms with E-state index < -0.39 is 36.9 Å². The Bertz CT molecular complexity index is 3470. The molecule has 10 heteroatoms. The Morgan fingerprint density at radius 2 is 0.719 bits per heavy atom. The minimum Gasteiger partial charge on any atom is -0.458 e. The number of hydrogen-bond acceptors (Lipinski definition) is 2. The molecule has 0 spiro atoms. The highest BCUT2D eigenvalue weighted by atomic mass is 19.4. The number of rotatable bonds is 2. The number of halogens is 6. The van der Waals surface area contributed by atoms with Crippen LogP contribution in [0.4, 0.5) is 26.3 Å². The molecule has 64 heavy (non-hydrogen) atoms. The molecule has 0 amide bonds. The molecule has 0 saturated carbocycles. The van der Waals surface area contributed by atoms with Gasteiger partial charge in [0.15, 0.2) is 0 Å². The second-order valence-corrected chi connectivity index (χ2v) is 17.2. The van der Waals surface area contributed by atoms with Crippen LogP contribution in [0.2, 0.25) is 0 Å². The van der Waals surface area contributed by atoms with Gasteiger partial charge in [-0.05, 0) is 147 Å². The second kappa shape index (κ2) is 12.2. The lowest BCUT2D eigenvalue weighted by Gasteiger charge is -2.38. The molecule has 0 bridgehead atoms. The monoisotopic (exact) mass is 842 g/mol. The molecule has 0 radical (unpaired) electrons. The van der Waals surface area contributed by atoms with Gasteiger partial charge in [-0.15, -0.1) is 0 Å². The molecule has 14 rings (SSSR count). The average molecular weight is 842 g/mol. The molecule has 0 aromatic heterocycles. The molecule has 4 heterocycles. The van der Waals surface area contributed by atoms with Crippen LogP contribution in [0.3, 0.4) is 0 Å². The highest BCUT2D eigenvalue weighted by Crippen LogP contribution is 2.52. The van der Waals surface area contributed by atoms with Crippen LogP contribution < -0.4 is 42.3 Å². The molecule has 4 aliphatic heterocycles. The first-order valence-electron chi connectivity index (χ1n) is 21.0. The molecule has 0 unspecified atom stereocenters. The van der Waals surface area contributed by atoms with Crippen molar-refractivity contribution in [2.45, 2.75) is 12.4 Å². The number of ether oxygens (including phenoxy) is 2. The fourth-order valence-electron chi connectivity index (χ4n) is 11.5. The summed E-state index contributed by atoms with van der Waals surface area (Å²) in [5, 5.41) is 5.12. The van der Waals surface area contributed by atoms with Crippen molar-refractivity contribution < 1.29 is 35.8 Å². The smallest absolute Gasteiger partial charge is 0.416 e. The summed E-state index contributed by atoms with van der Waals surface area (Å²) in [6.07, 6.45) is -9.33. The van der Waals surface area contributed by atoms with Gasteiger partial charge in [-0.1, -0.05) is 120 Å². The van der Waals surface area contributed by atoms with Crippen molar-refractivity contribution in [2.75, 3.05) is 0 Å². The third-order valence-corrected chi connectivity index (χ3v) is 14.0. The predicted molar refractivity (Wildman–Crippen MR) is 244 cm³/mol. The van der Waals surface area contributed by atoms with Gasteiger partial charge in [0.25, 0.3) is 13.4 Å². The zero-order valence-corrected chi connectivity index (χ0v) is 33.3. The molecule has 0 N–H and O–H groups in total. The van der Waals surface area contributed by atoms with E-state index in [1.54, 1.807) is 12.1 Å². The minimum atomic E-state index is -4.67. The number of hydrogen-bond donors (Lipinski definition) is 0. The second-order valence-electron chi connectivity index (χ2n) is 17.2. The molecule has 302 valence electrons. The van der Waals surface area contributed by atoms with Gasteiger partial charge in [0.05, 0.1) is 11.1 Å². The third-order valence-electron chi connectivity index (χ3n) is 14.0. The molecule has 4 aliphatic rings. The van der Waals surface area contributed by atoms with Gasteiger partial charge in [0, 0.05) is 0 Å². The first kappa shape index (κ1) is 36.1. The van der Waals surface area contributed by atoms with Crippen molar-refractivity contribution in [1.82, 2.24) is 0 Å². The summed E-state index contributed by atoms with van der Waals surface area (Å²) in [4.78, 5) is 0. The van der Waals surface area contributed by atoms with Crippen molar-refractivity contribution >= 4 is 78.5 Å². The van der Waals surface area contributed by atoms with E-state index in [2.05, 4.69) is 12.1 Å². The Morgan fingerprint density at radius 3 is 1.12 bits per heavy atom. The Hall–Kier alpha value is -7.45. The van der Waals surface area contributed by atoms with Gasteiger partial charge in [0.2, 0.25) is 0 Å². The molecular formula is C54H26B2F6O2. The zero-order valence-electron chi connectivity index (χ0n) is 33.3. The van der Waals surface area contributed by atoms with Crippen LogP contribution >= 0.6 is 0 Å². The normalized spacial score (nSPS) is 14.0. The molecule has 0 atom stereocenters. The van der Waals surface area contributed by atoms with Crippen molar-refractivity contribution in [1.29, 1.82) is 0 Å². The van der Waals surface area contributed by atoms with E-state index in [0.29, 0.717) is 44.7 Å². The first-order chi connectivity index (χ1) is 31.0. The maximum absolute atomic E-state index is 15.0. The maximum atomic E-state index is 15.0. The fraction of sp³-hybridized carbons (Fsp3) is 0.0370. The van der Waals surface area contributed by atoms with E-state index >= 15 is 0 Å². The molecule has 10 aromatic carbocycles. The third kappa shape index (κ3) is 4.69. The standard InChI is InChI=1S/C54H26B2F6O2/c57-53(58,59)29-19-37-33-23-31(27-11-3-1-4-12-27)35-25-41-48-34(38-20-30(54(60,61)62)22-46-52(38)55(41)39-15-7-9-17-43(39)64-46)24-32(28-13-5-2-6-14-28)36-26-42(47(33)49(35)50(36)48)56-40-16-8-10-18-44(40)63-45(21-29)51(37)56/h1-26H. The summed E-state index contributed by atoms with van der Waals surface area (Å²) in [5.74, 6) is 1.29. The molecule has 10 aromatic rings. The summed E-state index contributed by atoms with van der Waals surface area (Å²) < 4.78 is 103. The van der Waals surface area contributed by atoms with Crippen LogP contribution in [0.5, 0.6) is 23.0 Å². The lowest BCUT2D eigenvalue weighted by molar-refractivity contribution is -0.138. The van der Waals surface area contributed by atoms with Crippen molar-refractivity contribution in [3.05, 3.63) is 169 Å². The van der Waals surface area contributed by atoms with Crippen molar-refractivity contribution in [3.8, 4) is 67.5 Å². The van der Waals surface area contributed by atoms with Gasteiger partial charge in [-0.2, -0.15) is 26.3 Å². The summed E-state index contributed by atoms with van der Waals surface area (Å²) in [6.45, 7) is -0.982. The van der Waals surface area contributed by atoms with Gasteiger partial charge in [-0.3, -0.25) is 0 Å². The van der Waals surface area contributed by atoms with Crippen LogP contribution in [-0.4, -0.2) is 13.4 Å². The fourth-order valence-corrected chi connectivity index (χ4v) is 11.5. The van der Waals surface area contributed by atoms with Crippen LogP contribution in [0.1, 0.15) is 11.1 Å². The Kier molecular flexibility index (Phi) is 6.86. The molecular weight excluding hydrogens is 816 g/mol. The summed E-state index contributed by atoms with van der Waals surface area (Å²) in [5.41, 5.74) is 8.77. The molecule has 0 saturated heterocycles. The SMILES string of the molecule is FC(F)(F)c1cc2c3c(c1)-c1cc(-c4ccccc4)c4cc5c6c(cc(-c7ccccc7)c7cc(c1c4c76)B3c1ccccc1O2)-c1cc(C(F)(F)F)cc2c1B5c1ccccc1O2. The van der Waals surface area contributed by atoms with Crippen molar-refractivity contribution in [2.24, 2.45) is 0 Å². The largest absolute Gasteiger partial charge is 0.458 e. The van der Waals surface area contributed by atoms with Crippen LogP contribution in [0, 0.1) is 0 Å². The Morgan fingerprint density at radius 1 is 0.328 bits per heavy atom. The number of alkyl halides is 6. The van der Waals surface area contributed by atoms with E-state index in [4.69, 9.17) is 9.47 Å². The highest BCUT2D eigenvalue weighted by molar-refractivity contribution is 7.01. The first-order valence-corrected chi connectivity index (χ1v) is 21.0. The van der Waals surface area contributed by atoms with E-state index in [1.807, 2.05) is 109 Å². The van der Waals surface area contributed by atoms with E-state index in [9.17, 15) is 26.3 Å². The predicted octanol–water partition coefficient (Wildman–Crippen LogP) is 11.2. The van der Waals surface area contributed by atoms with Crippen LogP contribution in [-0.2, 0) is 12.4 Å². The van der Waals surface area contributed by atoms with Gasteiger partial charge < -0.3 is 9.47 Å². The Balaban J connectivity index is 1.25. The quantitative estimate of drug-likeness (QED) is 0.0981. The number of benzene rings is 10. The Labute approximate surface area is 361 Å². The maximum Gasteiger partial charge on any atom is 0.416 e. The summed E-state index contributed by atoms with van der Waals surface area (Å²) in [7, 11) is 0. The average Bonchev–Trinajstić information content (AvgIpc) is 3.30. The minimum absolute atomic E-state index is 0.159. The summed E-state index contributed by atoms with van der Waals surface area (Å²) >= 11 is 0. The van der Waals surface area contributed by atoms with Gasteiger partial charge in [-0.25, -0.2) is 0 Å². The van der Waals surface area contributed by atoms with Crippen LogP contribution in [0.15, 0.2) is 158 Å². The number of fused-ring (bicyclic) bond motifs is 8. The topological polar surface area (TPSA) is 18.5 Å². The molecule has 0 fully saturated rings. The van der Waals surface area contributed by atoms with E-state index in [0.717, 1.165) is 88.6 Å². The van der Waals surface area contributed by atoms with Gasteiger partial charge in [0.1, 0.15) is 23.0 Å². The van der Waals surface area contributed by atoms with Crippen molar-refractivity contribution in [3.63, 3.8) is 0 Å². The highest BCUT2D eigenvalue weighted by Gasteiger charge is 2.46. The molecule has 2 nitrogen and oxygen atoms in total. The molecule has 0 aliphatic carbocycles. The lowest BCUT2D eigenvalue weighted by Crippen LogP contribution is -2.58.